The molecule has 17 heavy (non-hydrogen) atoms. The van der Waals surface area contributed by atoms with Crippen molar-refractivity contribution in [1.29, 1.82) is 0 Å². The molecule has 1 aliphatic heterocycles. The van der Waals surface area contributed by atoms with Crippen LogP contribution in [0, 0.1) is 0 Å². The van der Waals surface area contributed by atoms with E-state index in [2.05, 4.69) is 0 Å². The molecule has 1 saturated heterocycles. The van der Waals surface area contributed by atoms with E-state index in [9.17, 15) is 9.59 Å². The Hall–Kier alpha value is -1.06. The van der Waals surface area contributed by atoms with Gasteiger partial charge in [-0.1, -0.05) is 0 Å². The third kappa shape index (κ3) is 4.75. The van der Waals surface area contributed by atoms with Gasteiger partial charge in [-0.2, -0.15) is 0 Å². The Labute approximate surface area is 103 Å². The maximum Gasteiger partial charge on any atom is 0.410 e. The fourth-order valence-electron chi connectivity index (χ4n) is 2.13. The van der Waals surface area contributed by atoms with Gasteiger partial charge in [-0.15, -0.1) is 0 Å². The number of likely N-dealkylation sites (tertiary alicyclic amines) is 1. The predicted molar refractivity (Wildman–Crippen MR) is 65.9 cm³/mol. The van der Waals surface area contributed by atoms with Gasteiger partial charge in [-0.05, 0) is 46.5 Å². The Kier molecular flexibility index (Phi) is 4.97. The lowest BCUT2D eigenvalue weighted by molar-refractivity contribution is -0.107. The number of aldehydes is 1. The largest absolute Gasteiger partial charge is 0.444 e. The smallest absolute Gasteiger partial charge is 0.410 e. The lowest BCUT2D eigenvalue weighted by Gasteiger charge is -2.28. The predicted octanol–water partition coefficient (Wildman–Crippen LogP) is 2.76. The summed E-state index contributed by atoms with van der Waals surface area (Å²) in [6.07, 6.45) is 5.12. The molecule has 1 rings (SSSR count). The number of nitrogens with zero attached hydrogens (tertiary/aromatic N) is 1. The molecular weight excluding hydrogens is 218 g/mol. The van der Waals surface area contributed by atoms with E-state index in [1.165, 1.54) is 0 Å². The van der Waals surface area contributed by atoms with Crippen molar-refractivity contribution < 1.29 is 14.3 Å². The van der Waals surface area contributed by atoms with Gasteiger partial charge in [0.05, 0.1) is 0 Å². The first kappa shape index (κ1) is 14.0. The van der Waals surface area contributed by atoms with Crippen LogP contribution in [0.5, 0.6) is 0 Å². The topological polar surface area (TPSA) is 46.6 Å². The summed E-state index contributed by atoms with van der Waals surface area (Å²) in [4.78, 5) is 24.0. The Morgan fingerprint density at radius 3 is 2.76 bits per heavy atom. The molecule has 0 aliphatic carbocycles. The molecular formula is C13H23NO3. The van der Waals surface area contributed by atoms with Gasteiger partial charge in [0.25, 0.3) is 0 Å². The second-order valence-electron chi connectivity index (χ2n) is 5.57. The van der Waals surface area contributed by atoms with Crippen LogP contribution in [0.2, 0.25) is 0 Å². The summed E-state index contributed by atoms with van der Waals surface area (Å²) in [6.45, 7) is 6.41. The van der Waals surface area contributed by atoms with Crippen LogP contribution in [0.15, 0.2) is 0 Å². The van der Waals surface area contributed by atoms with Gasteiger partial charge < -0.3 is 14.4 Å². The van der Waals surface area contributed by atoms with E-state index in [4.69, 9.17) is 4.74 Å². The molecule has 1 amide bonds. The van der Waals surface area contributed by atoms with Crippen molar-refractivity contribution in [1.82, 2.24) is 4.90 Å². The minimum Gasteiger partial charge on any atom is -0.444 e. The maximum absolute atomic E-state index is 11.9. The second-order valence-corrected chi connectivity index (χ2v) is 5.57. The minimum absolute atomic E-state index is 0.217. The van der Waals surface area contributed by atoms with E-state index in [1.807, 2.05) is 25.7 Å². The highest BCUT2D eigenvalue weighted by atomic mass is 16.6. The molecule has 0 spiro atoms. The van der Waals surface area contributed by atoms with Crippen molar-refractivity contribution in [2.75, 3.05) is 6.54 Å². The number of carbonyl (C=O) groups excluding carboxylic acids is 2. The molecule has 0 aromatic rings. The molecule has 0 aromatic heterocycles. The van der Waals surface area contributed by atoms with Crippen LogP contribution in [-0.2, 0) is 9.53 Å². The number of amides is 1. The van der Waals surface area contributed by atoms with Gasteiger partial charge in [0.1, 0.15) is 11.9 Å². The minimum atomic E-state index is -0.437. The SMILES string of the molecule is CC(C)(C)OC(=O)N1CCCC1CCCC=O. The fourth-order valence-corrected chi connectivity index (χ4v) is 2.13. The summed E-state index contributed by atoms with van der Waals surface area (Å²) in [6, 6.07) is 0.254. The van der Waals surface area contributed by atoms with Crippen LogP contribution < -0.4 is 0 Å². The van der Waals surface area contributed by atoms with Crippen molar-refractivity contribution in [3.05, 3.63) is 0 Å². The van der Waals surface area contributed by atoms with E-state index in [-0.39, 0.29) is 12.1 Å². The zero-order valence-electron chi connectivity index (χ0n) is 11.1. The normalized spacial score (nSPS) is 20.4. The van der Waals surface area contributed by atoms with Crippen LogP contribution in [-0.4, -0.2) is 35.5 Å². The highest BCUT2D eigenvalue weighted by molar-refractivity contribution is 5.68. The summed E-state index contributed by atoms with van der Waals surface area (Å²) >= 11 is 0. The molecule has 1 atom stereocenters. The molecule has 0 aromatic carbocycles. The molecule has 0 bridgehead atoms. The maximum atomic E-state index is 11.9. The van der Waals surface area contributed by atoms with Crippen LogP contribution in [0.1, 0.15) is 52.9 Å². The summed E-state index contributed by atoms with van der Waals surface area (Å²) in [5.74, 6) is 0. The summed E-state index contributed by atoms with van der Waals surface area (Å²) in [5, 5.41) is 0. The van der Waals surface area contributed by atoms with Crippen molar-refractivity contribution in [2.45, 2.75) is 64.5 Å². The van der Waals surface area contributed by atoms with E-state index in [0.717, 1.165) is 38.5 Å². The second kappa shape index (κ2) is 6.03. The average Bonchev–Trinajstić information content (AvgIpc) is 2.64. The summed E-state index contributed by atoms with van der Waals surface area (Å²) in [7, 11) is 0. The van der Waals surface area contributed by atoms with E-state index in [0.29, 0.717) is 6.42 Å². The molecule has 0 radical (unpaired) electrons. The Morgan fingerprint density at radius 1 is 1.47 bits per heavy atom. The zero-order valence-corrected chi connectivity index (χ0v) is 11.1. The number of ether oxygens (including phenoxy) is 1. The van der Waals surface area contributed by atoms with Gasteiger partial charge in [0, 0.05) is 19.0 Å². The molecule has 1 unspecified atom stereocenters. The molecule has 98 valence electrons. The Bertz CT molecular complexity index is 270. The van der Waals surface area contributed by atoms with Crippen LogP contribution >= 0.6 is 0 Å². The average molecular weight is 241 g/mol. The van der Waals surface area contributed by atoms with E-state index >= 15 is 0 Å². The lowest BCUT2D eigenvalue weighted by Crippen LogP contribution is -2.39. The van der Waals surface area contributed by atoms with Crippen LogP contribution in [0.4, 0.5) is 4.79 Å². The lowest BCUT2D eigenvalue weighted by atomic mass is 10.1. The third-order valence-corrected chi connectivity index (χ3v) is 2.86. The molecule has 1 heterocycles. The van der Waals surface area contributed by atoms with Gasteiger partial charge in [0.15, 0.2) is 0 Å². The monoisotopic (exact) mass is 241 g/mol. The van der Waals surface area contributed by atoms with Gasteiger partial charge in [0.2, 0.25) is 0 Å². The third-order valence-electron chi connectivity index (χ3n) is 2.86. The molecule has 0 saturated carbocycles. The number of hydrogen-bond acceptors (Lipinski definition) is 3. The molecule has 1 fully saturated rings. The number of rotatable bonds is 4. The van der Waals surface area contributed by atoms with E-state index < -0.39 is 5.60 Å². The van der Waals surface area contributed by atoms with Crippen molar-refractivity contribution >= 4 is 12.4 Å². The van der Waals surface area contributed by atoms with Crippen molar-refractivity contribution in [2.24, 2.45) is 0 Å². The van der Waals surface area contributed by atoms with E-state index in [1.54, 1.807) is 0 Å². The van der Waals surface area contributed by atoms with Crippen molar-refractivity contribution in [3.8, 4) is 0 Å². The zero-order chi connectivity index (χ0) is 12.9. The molecule has 4 nitrogen and oxygen atoms in total. The van der Waals surface area contributed by atoms with Gasteiger partial charge >= 0.3 is 6.09 Å². The van der Waals surface area contributed by atoms with Gasteiger partial charge in [-0.3, -0.25) is 0 Å². The highest BCUT2D eigenvalue weighted by Gasteiger charge is 2.31. The summed E-state index contributed by atoms with van der Waals surface area (Å²) in [5.41, 5.74) is -0.437. The molecule has 4 heteroatoms. The number of hydrogen-bond donors (Lipinski definition) is 0. The van der Waals surface area contributed by atoms with Crippen LogP contribution in [0.3, 0.4) is 0 Å². The first-order valence-corrected chi connectivity index (χ1v) is 6.37. The fraction of sp³-hybridized carbons (Fsp3) is 0.846. The summed E-state index contributed by atoms with van der Waals surface area (Å²) < 4.78 is 5.38. The van der Waals surface area contributed by atoms with Crippen LogP contribution in [0.25, 0.3) is 0 Å². The van der Waals surface area contributed by atoms with Crippen molar-refractivity contribution in [3.63, 3.8) is 0 Å². The van der Waals surface area contributed by atoms with Gasteiger partial charge in [-0.25, -0.2) is 4.79 Å². The molecule has 1 aliphatic rings. The highest BCUT2D eigenvalue weighted by Crippen LogP contribution is 2.24. The Balaban J connectivity index is 2.45. The molecule has 0 N–H and O–H groups in total. The number of carbonyl (C=O) groups is 2. The number of unbranched alkanes of at least 4 members (excludes halogenated alkanes) is 1. The first-order chi connectivity index (χ1) is 7.94. The standard InChI is InChI=1S/C13H23NO3/c1-13(2,3)17-12(16)14-9-6-8-11(14)7-4-5-10-15/h10-11H,4-9H2,1-3H3. The quantitative estimate of drug-likeness (QED) is 0.561. The Morgan fingerprint density at radius 2 is 2.18 bits per heavy atom. The first-order valence-electron chi connectivity index (χ1n) is 6.37.